The molecule has 1 saturated carbocycles. The fourth-order valence-electron chi connectivity index (χ4n) is 2.30. The highest BCUT2D eigenvalue weighted by Crippen LogP contribution is 2.45. The molecule has 0 aromatic rings. The Morgan fingerprint density at radius 3 is 2.85 bits per heavy atom. The third kappa shape index (κ3) is 2.11. The largest absolute Gasteiger partial charge is 0.481 e. The van der Waals surface area contributed by atoms with Crippen LogP contribution in [0.5, 0.6) is 0 Å². The van der Waals surface area contributed by atoms with Crippen molar-refractivity contribution in [2.75, 3.05) is 0 Å². The Bertz CT molecular complexity index is 210. The number of carbonyl (C=O) groups is 1. The number of allylic oxidation sites excluding steroid dienone is 1. The average molecular weight is 182 g/mol. The zero-order chi connectivity index (χ0) is 9.90. The van der Waals surface area contributed by atoms with Crippen molar-refractivity contribution in [3.05, 3.63) is 12.7 Å². The molecule has 0 spiro atoms. The van der Waals surface area contributed by atoms with Gasteiger partial charge >= 0.3 is 5.97 Å². The summed E-state index contributed by atoms with van der Waals surface area (Å²) in [5.41, 5.74) is -0.437. The minimum absolute atomic E-state index is 0.437. The van der Waals surface area contributed by atoms with Crippen LogP contribution in [0.2, 0.25) is 0 Å². The van der Waals surface area contributed by atoms with Crippen molar-refractivity contribution in [2.24, 2.45) is 11.3 Å². The van der Waals surface area contributed by atoms with Crippen molar-refractivity contribution in [1.82, 2.24) is 0 Å². The van der Waals surface area contributed by atoms with Crippen molar-refractivity contribution in [1.29, 1.82) is 0 Å². The highest BCUT2D eigenvalue weighted by Gasteiger charge is 2.43. The quantitative estimate of drug-likeness (QED) is 0.679. The highest BCUT2D eigenvalue weighted by molar-refractivity contribution is 5.75. The minimum Gasteiger partial charge on any atom is -0.481 e. The van der Waals surface area contributed by atoms with Crippen LogP contribution in [-0.2, 0) is 4.79 Å². The standard InChI is InChI=1S/C11H18O2/c1-3-4-6-11(10(12)13)7-5-9(2)8-11/h3,9H,1,4-8H2,2H3,(H,12,13). The van der Waals surface area contributed by atoms with E-state index in [1.807, 2.05) is 6.08 Å². The lowest BCUT2D eigenvalue weighted by atomic mass is 9.81. The summed E-state index contributed by atoms with van der Waals surface area (Å²) in [5.74, 6) is -0.0420. The number of carboxylic acid groups (broad SMARTS) is 1. The molecule has 74 valence electrons. The Hall–Kier alpha value is -0.790. The van der Waals surface area contributed by atoms with Crippen LogP contribution in [0.25, 0.3) is 0 Å². The Kier molecular flexibility index (Phi) is 3.12. The summed E-state index contributed by atoms with van der Waals surface area (Å²) in [6, 6.07) is 0. The zero-order valence-electron chi connectivity index (χ0n) is 8.25. The third-order valence-electron chi connectivity index (χ3n) is 3.14. The van der Waals surface area contributed by atoms with E-state index in [0.29, 0.717) is 5.92 Å². The van der Waals surface area contributed by atoms with E-state index in [2.05, 4.69) is 13.5 Å². The van der Waals surface area contributed by atoms with Crippen molar-refractivity contribution in [3.63, 3.8) is 0 Å². The maximum Gasteiger partial charge on any atom is 0.309 e. The normalized spacial score (nSPS) is 33.2. The van der Waals surface area contributed by atoms with Gasteiger partial charge < -0.3 is 5.11 Å². The Morgan fingerprint density at radius 2 is 2.46 bits per heavy atom. The van der Waals surface area contributed by atoms with Crippen LogP contribution in [0.1, 0.15) is 39.0 Å². The van der Waals surface area contributed by atoms with E-state index in [1.165, 1.54) is 0 Å². The molecule has 2 unspecified atom stereocenters. The SMILES string of the molecule is C=CCCC1(C(=O)O)CCC(C)C1. The molecule has 1 N–H and O–H groups in total. The molecule has 1 rings (SSSR count). The predicted octanol–water partition coefficient (Wildman–Crippen LogP) is 2.84. The van der Waals surface area contributed by atoms with Crippen LogP contribution in [0.4, 0.5) is 0 Å². The second-order valence-corrected chi connectivity index (χ2v) is 4.26. The van der Waals surface area contributed by atoms with E-state index in [-0.39, 0.29) is 0 Å². The fraction of sp³-hybridized carbons (Fsp3) is 0.727. The average Bonchev–Trinajstić information content (AvgIpc) is 2.45. The monoisotopic (exact) mass is 182 g/mol. The fourth-order valence-corrected chi connectivity index (χ4v) is 2.30. The first-order valence-corrected chi connectivity index (χ1v) is 4.95. The van der Waals surface area contributed by atoms with Gasteiger partial charge in [0.2, 0.25) is 0 Å². The van der Waals surface area contributed by atoms with E-state index >= 15 is 0 Å². The van der Waals surface area contributed by atoms with Crippen molar-refractivity contribution >= 4 is 5.97 Å². The lowest BCUT2D eigenvalue weighted by molar-refractivity contribution is -0.149. The van der Waals surface area contributed by atoms with Gasteiger partial charge in [0, 0.05) is 0 Å². The number of aliphatic carboxylic acids is 1. The highest BCUT2D eigenvalue weighted by atomic mass is 16.4. The number of hydrogen-bond acceptors (Lipinski definition) is 1. The van der Waals surface area contributed by atoms with Crippen molar-refractivity contribution < 1.29 is 9.90 Å². The maximum absolute atomic E-state index is 11.1. The van der Waals surface area contributed by atoms with E-state index in [1.54, 1.807) is 0 Å². The van der Waals surface area contributed by atoms with Gasteiger partial charge in [-0.05, 0) is 38.0 Å². The van der Waals surface area contributed by atoms with E-state index in [9.17, 15) is 9.90 Å². The molecular formula is C11H18O2. The summed E-state index contributed by atoms with van der Waals surface area (Å²) >= 11 is 0. The first kappa shape index (κ1) is 10.3. The van der Waals surface area contributed by atoms with E-state index < -0.39 is 11.4 Å². The molecule has 0 heterocycles. The smallest absolute Gasteiger partial charge is 0.309 e. The number of carboxylic acids is 1. The van der Waals surface area contributed by atoms with Gasteiger partial charge in [0.25, 0.3) is 0 Å². The van der Waals surface area contributed by atoms with Crippen molar-refractivity contribution in [2.45, 2.75) is 39.0 Å². The molecule has 1 fully saturated rings. The summed E-state index contributed by atoms with van der Waals surface area (Å²) in [7, 11) is 0. The van der Waals surface area contributed by atoms with Crippen LogP contribution in [0, 0.1) is 11.3 Å². The molecule has 2 heteroatoms. The maximum atomic E-state index is 11.1. The molecule has 0 aromatic heterocycles. The molecule has 0 radical (unpaired) electrons. The molecular weight excluding hydrogens is 164 g/mol. The van der Waals surface area contributed by atoms with Crippen LogP contribution in [0.3, 0.4) is 0 Å². The van der Waals surface area contributed by atoms with Gasteiger partial charge in [-0.3, -0.25) is 4.79 Å². The topological polar surface area (TPSA) is 37.3 Å². The molecule has 2 nitrogen and oxygen atoms in total. The summed E-state index contributed by atoms with van der Waals surface area (Å²) < 4.78 is 0. The summed E-state index contributed by atoms with van der Waals surface area (Å²) in [5, 5.41) is 9.17. The molecule has 0 aromatic carbocycles. The molecule has 1 aliphatic carbocycles. The molecule has 0 saturated heterocycles. The van der Waals surface area contributed by atoms with Gasteiger partial charge in [0.15, 0.2) is 0 Å². The molecule has 0 bridgehead atoms. The zero-order valence-corrected chi connectivity index (χ0v) is 8.25. The lowest BCUT2D eigenvalue weighted by Crippen LogP contribution is -2.27. The van der Waals surface area contributed by atoms with Gasteiger partial charge in [-0.15, -0.1) is 6.58 Å². The third-order valence-corrected chi connectivity index (χ3v) is 3.14. The summed E-state index contributed by atoms with van der Waals surface area (Å²) in [6.45, 7) is 5.78. The summed E-state index contributed by atoms with van der Waals surface area (Å²) in [4.78, 5) is 11.1. The van der Waals surface area contributed by atoms with Gasteiger partial charge in [0.05, 0.1) is 5.41 Å². The molecule has 0 amide bonds. The first-order chi connectivity index (χ1) is 6.10. The molecule has 13 heavy (non-hydrogen) atoms. The molecule has 0 aliphatic heterocycles. The second kappa shape index (κ2) is 3.95. The van der Waals surface area contributed by atoms with Gasteiger partial charge in [-0.2, -0.15) is 0 Å². The second-order valence-electron chi connectivity index (χ2n) is 4.26. The van der Waals surface area contributed by atoms with Gasteiger partial charge in [0.1, 0.15) is 0 Å². The van der Waals surface area contributed by atoms with Crippen LogP contribution >= 0.6 is 0 Å². The Labute approximate surface area is 79.6 Å². The molecule has 1 aliphatic rings. The Morgan fingerprint density at radius 1 is 1.77 bits per heavy atom. The van der Waals surface area contributed by atoms with Gasteiger partial charge in [-0.1, -0.05) is 13.0 Å². The van der Waals surface area contributed by atoms with Gasteiger partial charge in [-0.25, -0.2) is 0 Å². The van der Waals surface area contributed by atoms with E-state index in [0.717, 1.165) is 32.1 Å². The van der Waals surface area contributed by atoms with Crippen LogP contribution < -0.4 is 0 Å². The molecule has 2 atom stereocenters. The number of hydrogen-bond donors (Lipinski definition) is 1. The summed E-state index contributed by atoms with van der Waals surface area (Å²) in [6.07, 6.45) is 6.14. The van der Waals surface area contributed by atoms with Crippen molar-refractivity contribution in [3.8, 4) is 0 Å². The lowest BCUT2D eigenvalue weighted by Gasteiger charge is -2.23. The Balaban J connectivity index is 2.65. The van der Waals surface area contributed by atoms with Crippen LogP contribution in [-0.4, -0.2) is 11.1 Å². The first-order valence-electron chi connectivity index (χ1n) is 4.95. The van der Waals surface area contributed by atoms with Crippen LogP contribution in [0.15, 0.2) is 12.7 Å². The minimum atomic E-state index is -0.612. The number of rotatable bonds is 4. The predicted molar refractivity (Wildman–Crippen MR) is 52.5 cm³/mol. The van der Waals surface area contributed by atoms with E-state index in [4.69, 9.17) is 0 Å².